The van der Waals surface area contributed by atoms with E-state index in [4.69, 9.17) is 9.47 Å². The van der Waals surface area contributed by atoms with Crippen molar-refractivity contribution in [2.24, 2.45) is 12.0 Å². The number of ether oxygens (including phenoxy) is 2. The first-order valence-corrected chi connectivity index (χ1v) is 8.28. The molecule has 0 fully saturated rings. The van der Waals surface area contributed by atoms with Crippen molar-refractivity contribution in [2.45, 2.75) is 20.0 Å². The Morgan fingerprint density at radius 3 is 2.64 bits per heavy atom. The molecule has 0 aliphatic heterocycles. The molecule has 0 spiro atoms. The minimum absolute atomic E-state index is 0.546. The van der Waals surface area contributed by atoms with Gasteiger partial charge in [-0.2, -0.15) is 5.10 Å². The monoisotopic (exact) mass is 346 g/mol. The fourth-order valence-corrected chi connectivity index (χ4v) is 2.09. The van der Waals surface area contributed by atoms with Gasteiger partial charge in [-0.15, -0.1) is 0 Å². The smallest absolute Gasteiger partial charge is 0.191 e. The molecule has 8 heteroatoms. The number of hydrogen-bond donors (Lipinski definition) is 2. The summed E-state index contributed by atoms with van der Waals surface area (Å²) in [7, 11) is 3.52. The first-order valence-electron chi connectivity index (χ1n) is 8.28. The third kappa shape index (κ3) is 6.42. The van der Waals surface area contributed by atoms with E-state index in [1.54, 1.807) is 11.8 Å². The van der Waals surface area contributed by atoms with Gasteiger partial charge in [-0.3, -0.25) is 4.68 Å². The van der Waals surface area contributed by atoms with E-state index in [0.717, 1.165) is 29.6 Å². The molecule has 2 aromatic rings. The summed E-state index contributed by atoms with van der Waals surface area (Å²) in [6.07, 6.45) is 1.54. The Morgan fingerprint density at radius 1 is 1.20 bits per heavy atom. The summed E-state index contributed by atoms with van der Waals surface area (Å²) in [5.41, 5.74) is 1.11. The van der Waals surface area contributed by atoms with Crippen LogP contribution in [0.15, 0.2) is 35.6 Å². The number of aliphatic imine (C=N–C) groups is 1. The van der Waals surface area contributed by atoms with Crippen LogP contribution < -0.4 is 15.4 Å². The van der Waals surface area contributed by atoms with Crippen molar-refractivity contribution in [1.29, 1.82) is 0 Å². The normalized spacial score (nSPS) is 11.4. The quantitative estimate of drug-likeness (QED) is 0.402. The van der Waals surface area contributed by atoms with Gasteiger partial charge in [-0.25, -0.2) is 9.98 Å². The maximum atomic E-state index is 5.56. The van der Waals surface area contributed by atoms with Crippen LogP contribution in [-0.4, -0.2) is 47.6 Å². The van der Waals surface area contributed by atoms with Crippen LogP contribution in [0.4, 0.5) is 0 Å². The lowest BCUT2D eigenvalue weighted by atomic mass is 10.2. The molecule has 0 saturated heterocycles. The fraction of sp³-hybridized carbons (Fsp3) is 0.471. The predicted octanol–water partition coefficient (Wildman–Crippen LogP) is 1.10. The SMILES string of the molecule is CCNC(=NCc1ccc(OCCOC)cc1)NCc1ncnn1C. The van der Waals surface area contributed by atoms with Crippen molar-refractivity contribution in [2.75, 3.05) is 26.9 Å². The third-order valence-electron chi connectivity index (χ3n) is 3.46. The van der Waals surface area contributed by atoms with Crippen LogP contribution in [0, 0.1) is 0 Å². The lowest BCUT2D eigenvalue weighted by molar-refractivity contribution is 0.146. The molecule has 25 heavy (non-hydrogen) atoms. The number of aromatic nitrogens is 3. The van der Waals surface area contributed by atoms with Gasteiger partial charge in [-0.05, 0) is 24.6 Å². The Morgan fingerprint density at radius 2 is 2.00 bits per heavy atom. The van der Waals surface area contributed by atoms with Crippen molar-refractivity contribution in [3.8, 4) is 5.75 Å². The predicted molar refractivity (Wildman–Crippen MR) is 96.5 cm³/mol. The molecule has 1 aromatic carbocycles. The van der Waals surface area contributed by atoms with Gasteiger partial charge >= 0.3 is 0 Å². The van der Waals surface area contributed by atoms with Crippen molar-refractivity contribution in [3.05, 3.63) is 42.0 Å². The molecule has 0 saturated carbocycles. The molecular weight excluding hydrogens is 320 g/mol. The van der Waals surface area contributed by atoms with E-state index < -0.39 is 0 Å². The van der Waals surface area contributed by atoms with Gasteiger partial charge in [0.15, 0.2) is 5.96 Å². The average molecular weight is 346 g/mol. The molecule has 0 atom stereocenters. The van der Waals surface area contributed by atoms with Crippen molar-refractivity contribution < 1.29 is 9.47 Å². The fourth-order valence-electron chi connectivity index (χ4n) is 2.09. The third-order valence-corrected chi connectivity index (χ3v) is 3.46. The topological polar surface area (TPSA) is 85.6 Å². The number of nitrogens with one attached hydrogen (secondary N) is 2. The van der Waals surface area contributed by atoms with Gasteiger partial charge < -0.3 is 20.1 Å². The van der Waals surface area contributed by atoms with E-state index >= 15 is 0 Å². The van der Waals surface area contributed by atoms with Crippen molar-refractivity contribution in [3.63, 3.8) is 0 Å². The number of hydrogen-bond acceptors (Lipinski definition) is 5. The number of methoxy groups -OCH3 is 1. The van der Waals surface area contributed by atoms with Gasteiger partial charge in [0.1, 0.15) is 24.5 Å². The summed E-state index contributed by atoms with van der Waals surface area (Å²) in [6.45, 7) is 5.09. The zero-order valence-corrected chi connectivity index (χ0v) is 15.0. The van der Waals surface area contributed by atoms with E-state index in [1.165, 1.54) is 6.33 Å². The Kier molecular flexibility index (Phi) is 7.71. The van der Waals surface area contributed by atoms with E-state index in [-0.39, 0.29) is 0 Å². The van der Waals surface area contributed by atoms with Crippen LogP contribution >= 0.6 is 0 Å². The number of benzene rings is 1. The number of guanidine groups is 1. The van der Waals surface area contributed by atoms with Crippen LogP contribution in [0.25, 0.3) is 0 Å². The molecule has 0 aliphatic carbocycles. The number of rotatable bonds is 9. The summed E-state index contributed by atoms with van der Waals surface area (Å²) in [6, 6.07) is 7.91. The van der Waals surface area contributed by atoms with E-state index in [0.29, 0.717) is 26.3 Å². The second-order valence-electron chi connectivity index (χ2n) is 5.33. The van der Waals surface area contributed by atoms with Crippen LogP contribution in [0.1, 0.15) is 18.3 Å². The molecule has 0 amide bonds. The number of aryl methyl sites for hydroxylation is 1. The Labute approximate surface area is 148 Å². The van der Waals surface area contributed by atoms with Gasteiger partial charge in [-0.1, -0.05) is 12.1 Å². The summed E-state index contributed by atoms with van der Waals surface area (Å²) in [5.74, 6) is 2.42. The molecule has 2 N–H and O–H groups in total. The molecule has 2 rings (SSSR count). The molecule has 1 aromatic heterocycles. The minimum atomic E-state index is 0.546. The van der Waals surface area contributed by atoms with Crippen LogP contribution in [0.3, 0.4) is 0 Å². The highest BCUT2D eigenvalue weighted by Gasteiger charge is 2.03. The van der Waals surface area contributed by atoms with E-state index in [1.807, 2.05) is 38.2 Å². The highest BCUT2D eigenvalue weighted by molar-refractivity contribution is 5.79. The van der Waals surface area contributed by atoms with E-state index in [2.05, 4.69) is 25.7 Å². The largest absolute Gasteiger partial charge is 0.491 e. The lowest BCUT2D eigenvalue weighted by Gasteiger charge is -2.11. The first-order chi connectivity index (χ1) is 12.2. The highest BCUT2D eigenvalue weighted by atomic mass is 16.5. The minimum Gasteiger partial charge on any atom is -0.491 e. The Hall–Kier alpha value is -2.61. The second kappa shape index (κ2) is 10.3. The van der Waals surface area contributed by atoms with Gasteiger partial charge in [0, 0.05) is 20.7 Å². The maximum Gasteiger partial charge on any atom is 0.191 e. The lowest BCUT2D eigenvalue weighted by Crippen LogP contribution is -2.37. The Bertz CT molecular complexity index is 653. The van der Waals surface area contributed by atoms with Crippen molar-refractivity contribution >= 4 is 5.96 Å². The molecule has 0 radical (unpaired) electrons. The van der Waals surface area contributed by atoms with Crippen LogP contribution in [0.5, 0.6) is 5.75 Å². The van der Waals surface area contributed by atoms with Gasteiger partial charge in [0.25, 0.3) is 0 Å². The highest BCUT2D eigenvalue weighted by Crippen LogP contribution is 2.12. The molecule has 8 nitrogen and oxygen atoms in total. The molecule has 136 valence electrons. The van der Waals surface area contributed by atoms with Crippen LogP contribution in [0.2, 0.25) is 0 Å². The summed E-state index contributed by atoms with van der Waals surface area (Å²) in [4.78, 5) is 8.78. The zero-order chi connectivity index (χ0) is 17.9. The summed E-state index contributed by atoms with van der Waals surface area (Å²) in [5, 5.41) is 10.5. The van der Waals surface area contributed by atoms with E-state index in [9.17, 15) is 0 Å². The molecule has 1 heterocycles. The number of nitrogens with zero attached hydrogens (tertiary/aromatic N) is 4. The summed E-state index contributed by atoms with van der Waals surface area (Å²) < 4.78 is 12.3. The second-order valence-corrected chi connectivity index (χ2v) is 5.33. The zero-order valence-electron chi connectivity index (χ0n) is 15.0. The Balaban J connectivity index is 1.88. The molecule has 0 bridgehead atoms. The average Bonchev–Trinajstić information content (AvgIpc) is 3.04. The van der Waals surface area contributed by atoms with Gasteiger partial charge in [0.2, 0.25) is 0 Å². The van der Waals surface area contributed by atoms with Crippen molar-refractivity contribution in [1.82, 2.24) is 25.4 Å². The van der Waals surface area contributed by atoms with Gasteiger partial charge in [0.05, 0.1) is 19.7 Å². The molecule has 0 unspecified atom stereocenters. The standard InChI is InChI=1S/C17H26N6O2/c1-4-18-17(20-12-16-21-13-22-23(16)2)19-11-14-5-7-15(8-6-14)25-10-9-24-3/h5-8,13H,4,9-12H2,1-3H3,(H2,18,19,20). The molecular formula is C17H26N6O2. The summed E-state index contributed by atoms with van der Waals surface area (Å²) >= 11 is 0. The molecule has 0 aliphatic rings. The first kappa shape index (κ1) is 18.7. The van der Waals surface area contributed by atoms with Crippen LogP contribution in [-0.2, 0) is 24.9 Å². The maximum absolute atomic E-state index is 5.56.